The molecule has 10 nitrogen and oxygen atoms in total. The normalized spacial score (nSPS) is 21.3. The molecule has 1 unspecified atom stereocenters. The summed E-state index contributed by atoms with van der Waals surface area (Å²) in [6.45, 7) is 3.52. The van der Waals surface area contributed by atoms with Crippen LogP contribution in [0.3, 0.4) is 0 Å². The van der Waals surface area contributed by atoms with E-state index in [0.717, 1.165) is 19.3 Å². The Bertz CT molecular complexity index is 965. The highest BCUT2D eigenvalue weighted by Gasteiger charge is 2.36. The monoisotopic (exact) mass is 394 g/mol. The van der Waals surface area contributed by atoms with Crippen molar-refractivity contribution >= 4 is 15.9 Å². The van der Waals surface area contributed by atoms with Gasteiger partial charge in [-0.15, -0.1) is 10.2 Å². The summed E-state index contributed by atoms with van der Waals surface area (Å²) >= 11 is 0. The number of hydrogen-bond acceptors (Lipinski definition) is 7. The number of sulfonamides is 1. The first-order chi connectivity index (χ1) is 12.9. The predicted molar refractivity (Wildman–Crippen MR) is 94.1 cm³/mol. The number of piperidine rings is 1. The van der Waals surface area contributed by atoms with Crippen molar-refractivity contribution in [3.63, 3.8) is 0 Å². The molecule has 2 aromatic rings. The summed E-state index contributed by atoms with van der Waals surface area (Å²) in [5.74, 6) is 1.33. The van der Waals surface area contributed by atoms with Crippen LogP contribution >= 0.6 is 0 Å². The summed E-state index contributed by atoms with van der Waals surface area (Å²) in [5.41, 5.74) is 0.554. The van der Waals surface area contributed by atoms with Gasteiger partial charge in [0.2, 0.25) is 15.8 Å². The topological polar surface area (TPSA) is 114 Å². The van der Waals surface area contributed by atoms with Crippen molar-refractivity contribution < 1.29 is 17.6 Å². The third kappa shape index (κ3) is 3.25. The molecular weight excluding hydrogens is 372 g/mol. The molecule has 1 atom stereocenters. The van der Waals surface area contributed by atoms with E-state index < -0.39 is 10.0 Å². The summed E-state index contributed by atoms with van der Waals surface area (Å²) in [7, 11) is -3.32. The van der Waals surface area contributed by atoms with Crippen LogP contribution in [0.2, 0.25) is 0 Å². The molecule has 0 radical (unpaired) electrons. The van der Waals surface area contributed by atoms with Gasteiger partial charge >= 0.3 is 0 Å². The maximum Gasteiger partial charge on any atom is 0.292 e. The van der Waals surface area contributed by atoms with Crippen LogP contribution in [0.15, 0.2) is 10.8 Å². The largest absolute Gasteiger partial charge is 0.438 e. The van der Waals surface area contributed by atoms with Crippen LogP contribution in [-0.2, 0) is 23.1 Å². The first kappa shape index (κ1) is 18.1. The lowest BCUT2D eigenvalue weighted by Crippen LogP contribution is -2.41. The molecule has 0 saturated carbocycles. The number of amides is 1. The molecule has 1 fully saturated rings. The number of nitrogens with zero attached hydrogens (tertiary/aromatic N) is 6. The number of carbonyl (C=O) groups is 1. The number of carbonyl (C=O) groups excluding carboxylic acids is 1. The molecule has 0 N–H and O–H groups in total. The number of rotatable bonds is 3. The Hall–Kier alpha value is -2.27. The van der Waals surface area contributed by atoms with E-state index in [0.29, 0.717) is 43.5 Å². The maximum atomic E-state index is 12.6. The van der Waals surface area contributed by atoms with Gasteiger partial charge in [-0.1, -0.05) is 6.42 Å². The predicted octanol–water partition coefficient (Wildman–Crippen LogP) is 0.717. The van der Waals surface area contributed by atoms with Gasteiger partial charge in [0.15, 0.2) is 18.0 Å². The lowest BCUT2D eigenvalue weighted by Gasteiger charge is -2.34. The van der Waals surface area contributed by atoms with Gasteiger partial charge in [0.1, 0.15) is 0 Å². The molecule has 2 aliphatic rings. The quantitative estimate of drug-likeness (QED) is 0.753. The molecule has 27 heavy (non-hydrogen) atoms. The van der Waals surface area contributed by atoms with Gasteiger partial charge in [-0.2, -0.15) is 4.31 Å². The van der Waals surface area contributed by atoms with Crippen LogP contribution in [-0.4, -0.2) is 62.6 Å². The molecule has 0 bridgehead atoms. The van der Waals surface area contributed by atoms with E-state index >= 15 is 0 Å². The van der Waals surface area contributed by atoms with Crippen molar-refractivity contribution in [2.45, 2.75) is 45.3 Å². The molecule has 1 saturated heterocycles. The molecule has 0 aliphatic carbocycles. The van der Waals surface area contributed by atoms with E-state index in [-0.39, 0.29) is 17.7 Å². The standard InChI is InChI=1S/C16H22N6O4S/c1-11-14(26-10-17-11)16(23)20-7-8-21-13(9-20)18-19-15(21)12-5-3-4-6-22(12)27(2,24)25/h10,12H,3-9H2,1-2H3. The van der Waals surface area contributed by atoms with Gasteiger partial charge in [0, 0.05) is 19.6 Å². The molecule has 2 aromatic heterocycles. The van der Waals surface area contributed by atoms with Crippen LogP contribution in [0.5, 0.6) is 0 Å². The van der Waals surface area contributed by atoms with Crippen LogP contribution < -0.4 is 0 Å². The van der Waals surface area contributed by atoms with Gasteiger partial charge in [0.25, 0.3) is 5.91 Å². The fourth-order valence-corrected chi connectivity index (χ4v) is 4.93. The molecule has 1 amide bonds. The fraction of sp³-hybridized carbons (Fsp3) is 0.625. The second kappa shape index (κ2) is 6.71. The van der Waals surface area contributed by atoms with Gasteiger partial charge in [0.05, 0.1) is 24.5 Å². The van der Waals surface area contributed by atoms with E-state index in [1.807, 2.05) is 4.57 Å². The molecular formula is C16H22N6O4S. The lowest BCUT2D eigenvalue weighted by atomic mass is 10.0. The molecule has 0 aromatic carbocycles. The minimum atomic E-state index is -3.32. The average molecular weight is 394 g/mol. The molecule has 2 aliphatic heterocycles. The van der Waals surface area contributed by atoms with Crippen molar-refractivity contribution in [3.05, 3.63) is 29.5 Å². The zero-order valence-electron chi connectivity index (χ0n) is 15.3. The van der Waals surface area contributed by atoms with Gasteiger partial charge in [-0.05, 0) is 19.8 Å². The Balaban J connectivity index is 1.58. The Morgan fingerprint density at radius 1 is 1.22 bits per heavy atom. The summed E-state index contributed by atoms with van der Waals surface area (Å²) in [6.07, 6.45) is 5.03. The van der Waals surface area contributed by atoms with E-state index in [1.54, 1.807) is 11.8 Å². The first-order valence-electron chi connectivity index (χ1n) is 8.94. The van der Waals surface area contributed by atoms with Crippen molar-refractivity contribution in [1.82, 2.24) is 29.0 Å². The number of aromatic nitrogens is 4. The smallest absolute Gasteiger partial charge is 0.292 e. The van der Waals surface area contributed by atoms with E-state index in [1.165, 1.54) is 17.0 Å². The summed E-state index contributed by atoms with van der Waals surface area (Å²) < 4.78 is 33.0. The summed E-state index contributed by atoms with van der Waals surface area (Å²) in [6, 6.07) is -0.297. The number of aryl methyl sites for hydroxylation is 1. The lowest BCUT2D eigenvalue weighted by molar-refractivity contribution is 0.0671. The van der Waals surface area contributed by atoms with Gasteiger partial charge < -0.3 is 13.9 Å². The van der Waals surface area contributed by atoms with Gasteiger partial charge in [-0.3, -0.25) is 4.79 Å². The van der Waals surface area contributed by atoms with Crippen molar-refractivity contribution in [2.24, 2.45) is 0 Å². The second-order valence-electron chi connectivity index (χ2n) is 7.00. The van der Waals surface area contributed by atoms with Crippen LogP contribution in [0, 0.1) is 6.92 Å². The summed E-state index contributed by atoms with van der Waals surface area (Å²) in [5, 5.41) is 8.53. The van der Waals surface area contributed by atoms with Crippen molar-refractivity contribution in [1.29, 1.82) is 0 Å². The summed E-state index contributed by atoms with van der Waals surface area (Å²) in [4.78, 5) is 18.2. The van der Waals surface area contributed by atoms with Crippen molar-refractivity contribution in [2.75, 3.05) is 19.3 Å². The highest BCUT2D eigenvalue weighted by Crippen LogP contribution is 2.33. The zero-order chi connectivity index (χ0) is 19.2. The minimum absolute atomic E-state index is 0.226. The highest BCUT2D eigenvalue weighted by molar-refractivity contribution is 7.88. The maximum absolute atomic E-state index is 12.6. The molecule has 4 rings (SSSR count). The molecule has 146 valence electrons. The third-order valence-corrected chi connectivity index (χ3v) is 6.48. The first-order valence-corrected chi connectivity index (χ1v) is 10.8. The Morgan fingerprint density at radius 2 is 2.04 bits per heavy atom. The second-order valence-corrected chi connectivity index (χ2v) is 8.94. The number of fused-ring (bicyclic) bond motifs is 1. The number of oxazole rings is 1. The van der Waals surface area contributed by atoms with E-state index in [2.05, 4.69) is 15.2 Å². The Labute approximate surface area is 157 Å². The number of hydrogen-bond donors (Lipinski definition) is 0. The van der Waals surface area contributed by atoms with Crippen molar-refractivity contribution in [3.8, 4) is 0 Å². The van der Waals surface area contributed by atoms with Crippen LogP contribution in [0.25, 0.3) is 0 Å². The minimum Gasteiger partial charge on any atom is -0.438 e. The molecule has 4 heterocycles. The fourth-order valence-electron chi connectivity index (χ4n) is 3.81. The van der Waals surface area contributed by atoms with E-state index in [9.17, 15) is 13.2 Å². The van der Waals surface area contributed by atoms with Crippen LogP contribution in [0.1, 0.15) is 53.2 Å². The van der Waals surface area contributed by atoms with Gasteiger partial charge in [-0.25, -0.2) is 13.4 Å². The van der Waals surface area contributed by atoms with E-state index in [4.69, 9.17) is 4.42 Å². The van der Waals surface area contributed by atoms with Crippen LogP contribution in [0.4, 0.5) is 0 Å². The zero-order valence-corrected chi connectivity index (χ0v) is 16.1. The SMILES string of the molecule is Cc1ncoc1C(=O)N1CCn2c(nnc2C2CCCCN2S(C)(=O)=O)C1. The molecule has 11 heteroatoms. The Morgan fingerprint density at radius 3 is 2.74 bits per heavy atom. The highest BCUT2D eigenvalue weighted by atomic mass is 32.2. The molecule has 0 spiro atoms. The third-order valence-electron chi connectivity index (χ3n) is 5.19. The Kier molecular flexibility index (Phi) is 4.50. The average Bonchev–Trinajstić information content (AvgIpc) is 3.26.